The number of aryl methyl sites for hydroxylation is 1. The maximum Gasteiger partial charge on any atom is 0.311 e. The Bertz CT molecular complexity index is 587. The first-order valence-electron chi connectivity index (χ1n) is 7.07. The van der Waals surface area contributed by atoms with Crippen molar-refractivity contribution < 1.29 is 9.53 Å². The zero-order chi connectivity index (χ0) is 14.4. The summed E-state index contributed by atoms with van der Waals surface area (Å²) in [4.78, 5) is 11.7. The van der Waals surface area contributed by atoms with E-state index in [-0.39, 0.29) is 5.97 Å². The SMILES string of the molecule is CCCCC(=O)Oc1cccc(-c2ccccc2C)c1. The van der Waals surface area contributed by atoms with E-state index in [9.17, 15) is 4.79 Å². The molecule has 0 bridgehead atoms. The van der Waals surface area contributed by atoms with Crippen LogP contribution in [0.1, 0.15) is 31.7 Å². The summed E-state index contributed by atoms with van der Waals surface area (Å²) < 4.78 is 5.38. The lowest BCUT2D eigenvalue weighted by molar-refractivity contribution is -0.134. The Kier molecular flexibility index (Phi) is 4.94. The first-order valence-corrected chi connectivity index (χ1v) is 7.07. The van der Waals surface area contributed by atoms with Gasteiger partial charge < -0.3 is 4.74 Å². The number of hydrogen-bond donors (Lipinski definition) is 0. The average molecular weight is 268 g/mol. The summed E-state index contributed by atoms with van der Waals surface area (Å²) in [6, 6.07) is 15.9. The minimum Gasteiger partial charge on any atom is -0.427 e. The van der Waals surface area contributed by atoms with Crippen LogP contribution in [0, 0.1) is 6.92 Å². The summed E-state index contributed by atoms with van der Waals surface area (Å²) in [7, 11) is 0. The number of hydrogen-bond acceptors (Lipinski definition) is 2. The van der Waals surface area contributed by atoms with Gasteiger partial charge >= 0.3 is 5.97 Å². The number of carbonyl (C=O) groups is 1. The Balaban J connectivity index is 2.16. The molecule has 0 heterocycles. The molecule has 2 aromatic carbocycles. The van der Waals surface area contributed by atoms with Gasteiger partial charge in [-0.25, -0.2) is 0 Å². The van der Waals surface area contributed by atoms with Gasteiger partial charge in [-0.15, -0.1) is 0 Å². The Morgan fingerprint density at radius 1 is 1.10 bits per heavy atom. The first kappa shape index (κ1) is 14.3. The molecule has 0 fully saturated rings. The molecule has 0 saturated carbocycles. The summed E-state index contributed by atoms with van der Waals surface area (Å²) in [6.45, 7) is 4.14. The van der Waals surface area contributed by atoms with Crippen molar-refractivity contribution >= 4 is 5.97 Å². The Labute approximate surface area is 120 Å². The van der Waals surface area contributed by atoms with Crippen LogP contribution in [0.3, 0.4) is 0 Å². The van der Waals surface area contributed by atoms with Crippen molar-refractivity contribution in [3.8, 4) is 16.9 Å². The van der Waals surface area contributed by atoms with E-state index >= 15 is 0 Å². The lowest BCUT2D eigenvalue weighted by atomic mass is 10.0. The Hall–Kier alpha value is -2.09. The standard InChI is InChI=1S/C18H20O2/c1-3-4-12-18(19)20-16-10-7-9-15(13-16)17-11-6-5-8-14(17)2/h5-11,13H,3-4,12H2,1-2H3. The number of ether oxygens (including phenoxy) is 1. The van der Waals surface area contributed by atoms with Crippen molar-refractivity contribution in [2.45, 2.75) is 33.1 Å². The predicted molar refractivity (Wildman–Crippen MR) is 81.8 cm³/mol. The topological polar surface area (TPSA) is 26.3 Å². The quantitative estimate of drug-likeness (QED) is 0.577. The average Bonchev–Trinajstić information content (AvgIpc) is 2.46. The number of unbranched alkanes of at least 4 members (excludes halogenated alkanes) is 1. The van der Waals surface area contributed by atoms with Crippen molar-refractivity contribution in [3.05, 3.63) is 54.1 Å². The number of esters is 1. The van der Waals surface area contributed by atoms with E-state index in [4.69, 9.17) is 4.74 Å². The van der Waals surface area contributed by atoms with E-state index in [1.54, 1.807) is 0 Å². The smallest absolute Gasteiger partial charge is 0.311 e. The van der Waals surface area contributed by atoms with Crippen LogP contribution in [-0.4, -0.2) is 5.97 Å². The second kappa shape index (κ2) is 6.90. The summed E-state index contributed by atoms with van der Waals surface area (Å²) >= 11 is 0. The minimum atomic E-state index is -0.159. The highest BCUT2D eigenvalue weighted by atomic mass is 16.5. The molecule has 0 aliphatic carbocycles. The van der Waals surface area contributed by atoms with Crippen LogP contribution in [0.25, 0.3) is 11.1 Å². The lowest BCUT2D eigenvalue weighted by Crippen LogP contribution is -2.07. The monoisotopic (exact) mass is 268 g/mol. The molecule has 0 amide bonds. The van der Waals surface area contributed by atoms with Gasteiger partial charge in [-0.2, -0.15) is 0 Å². The van der Waals surface area contributed by atoms with Crippen LogP contribution in [0.15, 0.2) is 48.5 Å². The summed E-state index contributed by atoms with van der Waals surface area (Å²) in [5.74, 6) is 0.459. The molecule has 0 aliphatic rings. The third kappa shape index (κ3) is 3.70. The van der Waals surface area contributed by atoms with E-state index in [0.717, 1.165) is 18.4 Å². The minimum absolute atomic E-state index is 0.159. The molecular formula is C18H20O2. The number of rotatable bonds is 5. The Morgan fingerprint density at radius 2 is 1.90 bits per heavy atom. The molecule has 0 N–H and O–H groups in total. The fourth-order valence-corrected chi connectivity index (χ4v) is 2.13. The normalized spacial score (nSPS) is 10.3. The molecule has 0 spiro atoms. The second-order valence-electron chi connectivity index (χ2n) is 4.92. The molecule has 2 aromatic rings. The van der Waals surface area contributed by atoms with E-state index in [2.05, 4.69) is 26.0 Å². The number of carbonyl (C=O) groups excluding carboxylic acids is 1. The van der Waals surface area contributed by atoms with Crippen LogP contribution in [0.5, 0.6) is 5.75 Å². The fourth-order valence-electron chi connectivity index (χ4n) is 2.13. The number of benzene rings is 2. The van der Waals surface area contributed by atoms with Gasteiger partial charge in [0.2, 0.25) is 0 Å². The van der Waals surface area contributed by atoms with Crippen LogP contribution in [0.4, 0.5) is 0 Å². The van der Waals surface area contributed by atoms with Gasteiger partial charge in [-0.1, -0.05) is 49.7 Å². The van der Waals surface area contributed by atoms with Gasteiger partial charge in [0, 0.05) is 6.42 Å². The van der Waals surface area contributed by atoms with Gasteiger partial charge in [0.05, 0.1) is 0 Å². The molecular weight excluding hydrogens is 248 g/mol. The van der Waals surface area contributed by atoms with Crippen molar-refractivity contribution in [2.75, 3.05) is 0 Å². The zero-order valence-electron chi connectivity index (χ0n) is 12.1. The summed E-state index contributed by atoms with van der Waals surface area (Å²) in [5.41, 5.74) is 3.45. The largest absolute Gasteiger partial charge is 0.427 e. The maximum absolute atomic E-state index is 11.7. The molecule has 0 saturated heterocycles. The fraction of sp³-hybridized carbons (Fsp3) is 0.278. The van der Waals surface area contributed by atoms with Crippen molar-refractivity contribution in [3.63, 3.8) is 0 Å². The second-order valence-corrected chi connectivity index (χ2v) is 4.92. The van der Waals surface area contributed by atoms with Gasteiger partial charge in [0.25, 0.3) is 0 Å². The third-order valence-electron chi connectivity index (χ3n) is 3.26. The van der Waals surface area contributed by atoms with Gasteiger partial charge in [-0.3, -0.25) is 4.79 Å². The summed E-state index contributed by atoms with van der Waals surface area (Å²) in [6.07, 6.45) is 2.35. The van der Waals surface area contributed by atoms with Crippen LogP contribution in [0.2, 0.25) is 0 Å². The van der Waals surface area contributed by atoms with Gasteiger partial charge in [-0.05, 0) is 42.2 Å². The van der Waals surface area contributed by atoms with E-state index in [1.807, 2.05) is 36.4 Å². The van der Waals surface area contributed by atoms with Crippen LogP contribution in [-0.2, 0) is 4.79 Å². The van der Waals surface area contributed by atoms with Crippen molar-refractivity contribution in [1.82, 2.24) is 0 Å². The van der Waals surface area contributed by atoms with Crippen LogP contribution >= 0.6 is 0 Å². The van der Waals surface area contributed by atoms with Gasteiger partial charge in [0.1, 0.15) is 5.75 Å². The van der Waals surface area contributed by atoms with Crippen molar-refractivity contribution in [2.24, 2.45) is 0 Å². The molecule has 2 nitrogen and oxygen atoms in total. The van der Waals surface area contributed by atoms with E-state index in [1.165, 1.54) is 11.1 Å². The molecule has 0 atom stereocenters. The van der Waals surface area contributed by atoms with Crippen molar-refractivity contribution in [1.29, 1.82) is 0 Å². The van der Waals surface area contributed by atoms with Crippen LogP contribution < -0.4 is 4.74 Å². The van der Waals surface area contributed by atoms with Gasteiger partial charge in [0.15, 0.2) is 0 Å². The maximum atomic E-state index is 11.7. The molecule has 2 heteroatoms. The van der Waals surface area contributed by atoms with E-state index in [0.29, 0.717) is 12.2 Å². The molecule has 0 radical (unpaired) electrons. The highest BCUT2D eigenvalue weighted by Crippen LogP contribution is 2.26. The summed E-state index contributed by atoms with van der Waals surface area (Å²) in [5, 5.41) is 0. The highest BCUT2D eigenvalue weighted by Gasteiger charge is 2.06. The highest BCUT2D eigenvalue weighted by molar-refractivity contribution is 5.74. The lowest BCUT2D eigenvalue weighted by Gasteiger charge is -2.08. The predicted octanol–water partition coefficient (Wildman–Crippen LogP) is 4.76. The molecule has 20 heavy (non-hydrogen) atoms. The zero-order valence-corrected chi connectivity index (χ0v) is 12.1. The van der Waals surface area contributed by atoms with E-state index < -0.39 is 0 Å². The first-order chi connectivity index (χ1) is 9.70. The molecule has 2 rings (SSSR count). The molecule has 0 aliphatic heterocycles. The Morgan fingerprint density at radius 3 is 2.65 bits per heavy atom. The molecule has 0 aromatic heterocycles. The molecule has 104 valence electrons. The third-order valence-corrected chi connectivity index (χ3v) is 3.26. The molecule has 0 unspecified atom stereocenters.